The zero-order valence-electron chi connectivity index (χ0n) is 17.1. The van der Waals surface area contributed by atoms with Gasteiger partial charge in [-0.3, -0.25) is 9.78 Å². The van der Waals surface area contributed by atoms with Crippen molar-refractivity contribution < 1.29 is 35.9 Å². The van der Waals surface area contributed by atoms with Crippen LogP contribution in [-0.4, -0.2) is 52.1 Å². The van der Waals surface area contributed by atoms with Crippen molar-refractivity contribution in [1.29, 1.82) is 0 Å². The van der Waals surface area contributed by atoms with Crippen LogP contribution in [0.1, 0.15) is 17.7 Å². The zero-order valence-corrected chi connectivity index (χ0v) is 17.9. The van der Waals surface area contributed by atoms with E-state index in [-0.39, 0.29) is 25.8 Å². The number of benzene rings is 1. The number of carboxylic acid groups (broad SMARTS) is 1. The van der Waals surface area contributed by atoms with Gasteiger partial charge >= 0.3 is 12.1 Å². The first kappa shape index (κ1) is 23.2. The third-order valence-corrected chi connectivity index (χ3v) is 7.56. The third kappa shape index (κ3) is 4.58. The van der Waals surface area contributed by atoms with Gasteiger partial charge < -0.3 is 9.67 Å². The second kappa shape index (κ2) is 8.41. The quantitative estimate of drug-likeness (QED) is 0.541. The van der Waals surface area contributed by atoms with Crippen LogP contribution < -0.4 is 0 Å². The largest absolute Gasteiger partial charge is 0.480 e. The molecule has 3 aromatic rings. The van der Waals surface area contributed by atoms with Gasteiger partial charge in [-0.2, -0.15) is 17.5 Å². The van der Waals surface area contributed by atoms with Crippen LogP contribution in [0.4, 0.5) is 17.6 Å². The monoisotopic (exact) mass is 485 g/mol. The highest BCUT2D eigenvalue weighted by atomic mass is 32.2. The molecule has 0 spiro atoms. The van der Waals surface area contributed by atoms with Gasteiger partial charge in [0, 0.05) is 23.5 Å². The van der Waals surface area contributed by atoms with Crippen LogP contribution in [-0.2, 0) is 34.2 Å². The molecule has 2 aromatic heterocycles. The second-order valence-corrected chi connectivity index (χ2v) is 9.68. The van der Waals surface area contributed by atoms with Crippen molar-refractivity contribution in [2.45, 2.75) is 42.9 Å². The predicted molar refractivity (Wildman–Crippen MR) is 110 cm³/mol. The number of pyridine rings is 1. The molecule has 1 aliphatic rings. The summed E-state index contributed by atoms with van der Waals surface area (Å²) in [5.74, 6) is -1.80. The predicted octanol–water partition coefficient (Wildman–Crippen LogP) is 3.37. The van der Waals surface area contributed by atoms with E-state index < -0.39 is 45.5 Å². The summed E-state index contributed by atoms with van der Waals surface area (Å²) in [6.07, 6.45) is -3.15. The van der Waals surface area contributed by atoms with Crippen molar-refractivity contribution in [2.24, 2.45) is 0 Å². The smallest absolute Gasteiger partial charge is 0.402 e. The SMILES string of the molecule is O=C(O)Cn1c2c(c3ncccc31)CC(N(CC(F)(F)F)S(=O)(=O)c1ccc(F)cc1)CC2. The molecule has 12 heteroatoms. The number of halogens is 4. The summed E-state index contributed by atoms with van der Waals surface area (Å²) in [5.41, 5.74) is 2.11. The Kier molecular flexibility index (Phi) is 5.91. The zero-order chi connectivity index (χ0) is 24.0. The summed E-state index contributed by atoms with van der Waals surface area (Å²) < 4.78 is 81.8. The van der Waals surface area contributed by atoms with Gasteiger partial charge in [-0.15, -0.1) is 0 Å². The lowest BCUT2D eigenvalue weighted by Crippen LogP contribution is -2.47. The standard InChI is InChI=1S/C21H19F4N3O4S/c22-13-3-6-15(7-4-13)33(31,32)28(12-21(23,24)25)14-5-8-17-16(10-14)20-18(2-1-9-26-20)27(17)11-19(29)30/h1-4,6-7,9,14H,5,8,10-12H2,(H,29,30). The highest BCUT2D eigenvalue weighted by molar-refractivity contribution is 7.89. The number of alkyl halides is 3. The third-order valence-electron chi connectivity index (χ3n) is 5.65. The van der Waals surface area contributed by atoms with Gasteiger partial charge in [0.15, 0.2) is 0 Å². The number of hydrogen-bond donors (Lipinski definition) is 1. The van der Waals surface area contributed by atoms with E-state index in [2.05, 4.69) is 4.98 Å². The van der Waals surface area contributed by atoms with Gasteiger partial charge in [-0.1, -0.05) is 0 Å². The molecule has 0 saturated heterocycles. The fourth-order valence-electron chi connectivity index (χ4n) is 4.32. The summed E-state index contributed by atoms with van der Waals surface area (Å²) in [6, 6.07) is 5.87. The number of rotatable bonds is 6. The molecule has 1 unspecified atom stereocenters. The fourth-order valence-corrected chi connectivity index (χ4v) is 5.96. The fraction of sp³-hybridized carbons (Fsp3) is 0.333. The second-order valence-electron chi connectivity index (χ2n) is 7.79. The van der Waals surface area contributed by atoms with Crippen molar-refractivity contribution in [2.75, 3.05) is 6.54 Å². The van der Waals surface area contributed by atoms with Gasteiger partial charge in [0.2, 0.25) is 10.0 Å². The van der Waals surface area contributed by atoms with E-state index in [1.54, 1.807) is 16.7 Å². The molecule has 1 aromatic carbocycles. The Labute approximate surface area is 186 Å². The van der Waals surface area contributed by atoms with Crippen molar-refractivity contribution in [3.63, 3.8) is 0 Å². The number of sulfonamides is 1. The summed E-state index contributed by atoms with van der Waals surface area (Å²) in [5, 5.41) is 9.29. The molecule has 0 aliphatic heterocycles. The number of fused-ring (bicyclic) bond motifs is 3. The molecule has 1 atom stereocenters. The molecule has 176 valence electrons. The van der Waals surface area contributed by atoms with Crippen molar-refractivity contribution in [3.8, 4) is 0 Å². The Morgan fingerprint density at radius 1 is 1.21 bits per heavy atom. The van der Waals surface area contributed by atoms with Gasteiger partial charge in [0.25, 0.3) is 0 Å². The first-order valence-electron chi connectivity index (χ1n) is 9.98. The molecular formula is C21H19F4N3O4S. The molecule has 7 nitrogen and oxygen atoms in total. The van der Waals surface area contributed by atoms with Crippen molar-refractivity contribution in [1.82, 2.24) is 13.9 Å². The molecule has 0 radical (unpaired) electrons. The lowest BCUT2D eigenvalue weighted by atomic mass is 9.92. The van der Waals surface area contributed by atoms with Gasteiger partial charge in [0.1, 0.15) is 18.9 Å². The average Bonchev–Trinajstić information content (AvgIpc) is 3.04. The maximum Gasteiger partial charge on any atom is 0.402 e. The molecule has 4 rings (SSSR count). The van der Waals surface area contributed by atoms with Crippen LogP contribution in [0.5, 0.6) is 0 Å². The van der Waals surface area contributed by atoms with E-state index in [4.69, 9.17) is 0 Å². The minimum atomic E-state index is -4.80. The minimum absolute atomic E-state index is 0.0550. The Morgan fingerprint density at radius 2 is 1.91 bits per heavy atom. The Balaban J connectivity index is 1.77. The van der Waals surface area contributed by atoms with Crippen molar-refractivity contribution >= 4 is 27.0 Å². The molecule has 0 fully saturated rings. The number of carboxylic acids is 1. The molecule has 33 heavy (non-hydrogen) atoms. The summed E-state index contributed by atoms with van der Waals surface area (Å²) in [7, 11) is -4.59. The molecular weight excluding hydrogens is 466 g/mol. The Morgan fingerprint density at radius 3 is 2.55 bits per heavy atom. The molecule has 0 amide bonds. The molecule has 1 N–H and O–H groups in total. The van der Waals surface area contributed by atoms with Gasteiger partial charge in [0.05, 0.1) is 15.9 Å². The lowest BCUT2D eigenvalue weighted by molar-refractivity contribution is -0.140. The first-order chi connectivity index (χ1) is 15.5. The topological polar surface area (TPSA) is 92.5 Å². The van der Waals surface area contributed by atoms with E-state index in [9.17, 15) is 35.9 Å². The number of aliphatic carboxylic acids is 1. The van der Waals surface area contributed by atoms with E-state index in [1.807, 2.05) is 0 Å². The highest BCUT2D eigenvalue weighted by Crippen LogP contribution is 2.35. The molecule has 1 aliphatic carbocycles. The average molecular weight is 485 g/mol. The number of hydrogen-bond acceptors (Lipinski definition) is 4. The Bertz CT molecular complexity index is 1300. The first-order valence-corrected chi connectivity index (χ1v) is 11.4. The van der Waals surface area contributed by atoms with Crippen LogP contribution in [0, 0.1) is 5.82 Å². The summed E-state index contributed by atoms with van der Waals surface area (Å²) >= 11 is 0. The molecule has 0 saturated carbocycles. The van der Waals surface area contributed by atoms with E-state index in [0.29, 0.717) is 26.6 Å². The number of carbonyl (C=O) groups is 1. The van der Waals surface area contributed by atoms with Crippen LogP contribution in [0.2, 0.25) is 0 Å². The summed E-state index contributed by atoms with van der Waals surface area (Å²) in [6.45, 7) is -2.05. The van der Waals surface area contributed by atoms with Crippen LogP contribution in [0.3, 0.4) is 0 Å². The minimum Gasteiger partial charge on any atom is -0.480 e. The maximum absolute atomic E-state index is 13.4. The molecule has 0 bridgehead atoms. The number of aromatic nitrogens is 2. The van der Waals surface area contributed by atoms with E-state index in [1.165, 1.54) is 6.20 Å². The van der Waals surface area contributed by atoms with E-state index >= 15 is 0 Å². The van der Waals surface area contributed by atoms with Crippen LogP contribution >= 0.6 is 0 Å². The Hall–Kier alpha value is -2.99. The summed E-state index contributed by atoms with van der Waals surface area (Å²) in [4.78, 5) is 15.2. The lowest BCUT2D eigenvalue weighted by Gasteiger charge is -2.34. The van der Waals surface area contributed by atoms with Crippen LogP contribution in [0.25, 0.3) is 11.0 Å². The maximum atomic E-state index is 13.4. The highest BCUT2D eigenvalue weighted by Gasteiger charge is 2.42. The molecule has 2 heterocycles. The van der Waals surface area contributed by atoms with Crippen LogP contribution in [0.15, 0.2) is 47.5 Å². The normalized spacial score (nSPS) is 16.8. The van der Waals surface area contributed by atoms with Gasteiger partial charge in [-0.05, 0) is 55.7 Å². The van der Waals surface area contributed by atoms with E-state index in [0.717, 1.165) is 24.3 Å². The number of nitrogens with zero attached hydrogens (tertiary/aromatic N) is 3. The van der Waals surface area contributed by atoms with Gasteiger partial charge in [-0.25, -0.2) is 12.8 Å². The van der Waals surface area contributed by atoms with Crippen molar-refractivity contribution in [3.05, 3.63) is 59.7 Å².